The molecule has 5 rings (SSSR count). The molecule has 0 spiro atoms. The number of carbonyl (C=O) groups excluding carboxylic acids is 1. The van der Waals surface area contributed by atoms with Crippen molar-refractivity contribution in [1.82, 2.24) is 19.4 Å². The predicted octanol–water partition coefficient (Wildman–Crippen LogP) is 3.17. The molecule has 0 unspecified atom stereocenters. The fourth-order valence-corrected chi connectivity index (χ4v) is 6.04. The summed E-state index contributed by atoms with van der Waals surface area (Å²) in [5, 5.41) is 1.06. The van der Waals surface area contributed by atoms with E-state index >= 15 is 0 Å². The Bertz CT molecular complexity index is 1210. The SMILES string of the molecule is COC(=O)c1c(OCCN2CCCCC2)cc(=O)n2c1CCN(Cc1nc3ccccc3s1)CC2. The first kappa shape index (κ1) is 24.0. The second-order valence-electron chi connectivity index (χ2n) is 9.16. The Morgan fingerprint density at radius 1 is 1.06 bits per heavy atom. The smallest absolute Gasteiger partial charge is 0.343 e. The Morgan fingerprint density at radius 2 is 1.89 bits per heavy atom. The molecule has 1 fully saturated rings. The molecule has 0 saturated carbocycles. The van der Waals surface area contributed by atoms with E-state index in [1.807, 2.05) is 18.2 Å². The van der Waals surface area contributed by atoms with Gasteiger partial charge in [0, 0.05) is 44.4 Å². The standard InChI is InChI=1S/C26H32N4O4S/c1-33-26(32)25-20-9-12-29(18-23-27-19-7-3-4-8-22(19)35-23)13-14-30(20)24(31)17-21(25)34-16-15-28-10-5-2-6-11-28/h3-4,7-8,17H,2,5-6,9-16,18H2,1H3. The summed E-state index contributed by atoms with van der Waals surface area (Å²) in [6.07, 6.45) is 4.26. The van der Waals surface area contributed by atoms with E-state index in [0.717, 1.165) is 43.2 Å². The molecular formula is C26H32N4O4S. The van der Waals surface area contributed by atoms with Crippen molar-refractivity contribution in [3.8, 4) is 5.75 Å². The molecule has 1 aromatic carbocycles. The van der Waals surface area contributed by atoms with Crippen LogP contribution in [0.15, 0.2) is 35.1 Å². The molecule has 0 N–H and O–H groups in total. The number of benzene rings is 1. The minimum absolute atomic E-state index is 0.137. The molecule has 186 valence electrons. The van der Waals surface area contributed by atoms with Gasteiger partial charge in [-0.05, 0) is 38.1 Å². The number of carbonyl (C=O) groups is 1. The molecule has 4 heterocycles. The van der Waals surface area contributed by atoms with E-state index in [1.54, 1.807) is 15.9 Å². The first-order valence-electron chi connectivity index (χ1n) is 12.4. The first-order chi connectivity index (χ1) is 17.1. The molecule has 2 aromatic heterocycles. The topological polar surface area (TPSA) is 76.9 Å². The number of likely N-dealkylation sites (tertiary alicyclic amines) is 1. The Hall–Kier alpha value is -2.75. The third-order valence-corrected chi connectivity index (χ3v) is 7.91. The molecule has 8 nitrogen and oxygen atoms in total. The Kier molecular flexibility index (Phi) is 7.46. The highest BCUT2D eigenvalue weighted by atomic mass is 32.1. The molecule has 2 aliphatic heterocycles. The van der Waals surface area contributed by atoms with Gasteiger partial charge in [0.25, 0.3) is 5.56 Å². The van der Waals surface area contributed by atoms with Crippen molar-refractivity contribution < 1.29 is 14.3 Å². The lowest BCUT2D eigenvalue weighted by atomic mass is 10.1. The summed E-state index contributed by atoms with van der Waals surface area (Å²) < 4.78 is 14.0. The number of ether oxygens (including phenoxy) is 2. The minimum Gasteiger partial charge on any atom is -0.491 e. The van der Waals surface area contributed by atoms with Gasteiger partial charge in [-0.15, -0.1) is 11.3 Å². The number of rotatable bonds is 7. The summed E-state index contributed by atoms with van der Waals surface area (Å²) in [6.45, 7) is 6.03. The zero-order chi connectivity index (χ0) is 24.2. The molecule has 0 radical (unpaired) electrons. The van der Waals surface area contributed by atoms with Crippen LogP contribution in [-0.4, -0.2) is 71.8 Å². The number of thiazole rings is 1. The number of methoxy groups -OCH3 is 1. The Balaban J connectivity index is 1.33. The van der Waals surface area contributed by atoms with Crippen molar-refractivity contribution in [2.75, 3.05) is 46.4 Å². The highest BCUT2D eigenvalue weighted by Gasteiger charge is 2.26. The van der Waals surface area contributed by atoms with Crippen molar-refractivity contribution in [2.45, 2.75) is 38.8 Å². The lowest BCUT2D eigenvalue weighted by Crippen LogP contribution is -2.34. The highest BCUT2D eigenvalue weighted by molar-refractivity contribution is 7.18. The molecule has 35 heavy (non-hydrogen) atoms. The molecule has 0 atom stereocenters. The van der Waals surface area contributed by atoms with Crippen LogP contribution in [0.3, 0.4) is 0 Å². The van der Waals surface area contributed by atoms with E-state index in [2.05, 4.69) is 15.9 Å². The number of hydrogen-bond acceptors (Lipinski definition) is 8. The molecule has 0 amide bonds. The number of fused-ring (bicyclic) bond motifs is 2. The molecule has 0 bridgehead atoms. The average Bonchev–Trinajstić information content (AvgIpc) is 3.17. The van der Waals surface area contributed by atoms with E-state index < -0.39 is 5.97 Å². The number of piperidine rings is 1. The van der Waals surface area contributed by atoms with E-state index in [9.17, 15) is 9.59 Å². The molecule has 9 heteroatoms. The maximum atomic E-state index is 13.0. The van der Waals surface area contributed by atoms with Crippen molar-refractivity contribution in [3.05, 3.63) is 57.0 Å². The van der Waals surface area contributed by atoms with Gasteiger partial charge in [-0.25, -0.2) is 9.78 Å². The van der Waals surface area contributed by atoms with Crippen LogP contribution in [0.4, 0.5) is 0 Å². The van der Waals surface area contributed by atoms with Crippen LogP contribution in [0.25, 0.3) is 10.2 Å². The summed E-state index contributed by atoms with van der Waals surface area (Å²) >= 11 is 1.70. The van der Waals surface area contributed by atoms with E-state index in [-0.39, 0.29) is 5.56 Å². The summed E-state index contributed by atoms with van der Waals surface area (Å²) in [5.74, 6) is -0.119. The van der Waals surface area contributed by atoms with Gasteiger partial charge < -0.3 is 14.0 Å². The second kappa shape index (κ2) is 10.9. The van der Waals surface area contributed by atoms with Gasteiger partial charge in [-0.1, -0.05) is 18.6 Å². The highest BCUT2D eigenvalue weighted by Crippen LogP contribution is 2.26. The van der Waals surface area contributed by atoms with E-state index in [0.29, 0.717) is 43.1 Å². The summed E-state index contributed by atoms with van der Waals surface area (Å²) in [4.78, 5) is 35.3. The minimum atomic E-state index is -0.457. The van der Waals surface area contributed by atoms with Gasteiger partial charge in [0.1, 0.15) is 22.9 Å². The second-order valence-corrected chi connectivity index (χ2v) is 10.3. The zero-order valence-corrected chi connectivity index (χ0v) is 21.0. The monoisotopic (exact) mass is 496 g/mol. The summed E-state index contributed by atoms with van der Waals surface area (Å²) in [6, 6.07) is 9.60. The van der Waals surface area contributed by atoms with Gasteiger partial charge in [-0.3, -0.25) is 14.6 Å². The maximum Gasteiger partial charge on any atom is 0.343 e. The van der Waals surface area contributed by atoms with E-state index in [1.165, 1.54) is 37.1 Å². The zero-order valence-electron chi connectivity index (χ0n) is 20.2. The molecular weight excluding hydrogens is 464 g/mol. The molecule has 1 saturated heterocycles. The summed E-state index contributed by atoms with van der Waals surface area (Å²) in [7, 11) is 1.37. The van der Waals surface area contributed by atoms with Gasteiger partial charge in [-0.2, -0.15) is 0 Å². The number of hydrogen-bond donors (Lipinski definition) is 0. The number of nitrogens with zero attached hydrogens (tertiary/aromatic N) is 4. The Morgan fingerprint density at radius 3 is 2.69 bits per heavy atom. The van der Waals surface area contributed by atoms with Gasteiger partial charge in [0.05, 0.1) is 23.9 Å². The predicted molar refractivity (Wildman–Crippen MR) is 136 cm³/mol. The van der Waals surface area contributed by atoms with Crippen LogP contribution in [0.1, 0.15) is 40.3 Å². The van der Waals surface area contributed by atoms with Crippen LogP contribution < -0.4 is 10.3 Å². The fraction of sp³-hybridized carbons (Fsp3) is 0.500. The van der Waals surface area contributed by atoms with E-state index in [4.69, 9.17) is 14.5 Å². The lowest BCUT2D eigenvalue weighted by molar-refractivity contribution is 0.0592. The van der Waals surface area contributed by atoms with Crippen LogP contribution in [0.5, 0.6) is 5.75 Å². The normalized spacial score (nSPS) is 17.2. The van der Waals surface area contributed by atoms with Crippen LogP contribution >= 0.6 is 11.3 Å². The van der Waals surface area contributed by atoms with Crippen molar-refractivity contribution >= 4 is 27.5 Å². The van der Waals surface area contributed by atoms with Crippen LogP contribution in [0.2, 0.25) is 0 Å². The van der Waals surface area contributed by atoms with Crippen LogP contribution in [0, 0.1) is 0 Å². The van der Waals surface area contributed by atoms with Gasteiger partial charge >= 0.3 is 5.97 Å². The molecule has 0 aliphatic carbocycles. The third-order valence-electron chi connectivity index (χ3n) is 6.89. The van der Waals surface area contributed by atoms with Gasteiger partial charge in [0.2, 0.25) is 0 Å². The largest absolute Gasteiger partial charge is 0.491 e. The van der Waals surface area contributed by atoms with Crippen LogP contribution in [-0.2, 0) is 24.2 Å². The van der Waals surface area contributed by atoms with Crippen molar-refractivity contribution in [3.63, 3.8) is 0 Å². The summed E-state index contributed by atoms with van der Waals surface area (Å²) in [5.41, 5.74) is 1.96. The van der Waals surface area contributed by atoms with Crippen molar-refractivity contribution in [2.24, 2.45) is 0 Å². The number of aromatic nitrogens is 2. The quantitative estimate of drug-likeness (QED) is 0.465. The third kappa shape index (κ3) is 5.42. The first-order valence-corrected chi connectivity index (χ1v) is 13.2. The van der Waals surface area contributed by atoms with Gasteiger partial charge in [0.15, 0.2) is 0 Å². The molecule has 2 aliphatic rings. The fourth-order valence-electron chi connectivity index (χ4n) is 5.03. The molecule has 3 aromatic rings. The average molecular weight is 497 g/mol. The Labute approximate surface area is 209 Å². The number of esters is 1. The number of para-hydroxylation sites is 1. The lowest BCUT2D eigenvalue weighted by Gasteiger charge is -2.26. The number of pyridine rings is 1. The van der Waals surface area contributed by atoms with Crippen molar-refractivity contribution in [1.29, 1.82) is 0 Å². The maximum absolute atomic E-state index is 13.0.